The van der Waals surface area contributed by atoms with Crippen molar-refractivity contribution in [1.29, 1.82) is 5.26 Å². The van der Waals surface area contributed by atoms with Crippen molar-refractivity contribution in [2.45, 2.75) is 31.8 Å². The summed E-state index contributed by atoms with van der Waals surface area (Å²) >= 11 is 0. The van der Waals surface area contributed by atoms with Crippen LogP contribution in [0.15, 0.2) is 24.3 Å². The minimum absolute atomic E-state index is 0.00517. The zero-order chi connectivity index (χ0) is 18.9. The molecule has 26 heavy (non-hydrogen) atoms. The number of carbonyl (C=O) groups excluding carboxylic acids is 2. The highest BCUT2D eigenvalue weighted by Gasteiger charge is 2.27. The van der Waals surface area contributed by atoms with Gasteiger partial charge in [0.2, 0.25) is 11.8 Å². The number of non-ortho nitro benzene ring substituents is 1. The predicted molar refractivity (Wildman–Crippen MR) is 92.8 cm³/mol. The van der Waals surface area contributed by atoms with E-state index in [0.29, 0.717) is 19.5 Å². The highest BCUT2D eigenvalue weighted by atomic mass is 16.6. The fraction of sp³-hybridized carbons (Fsp3) is 0.471. The lowest BCUT2D eigenvalue weighted by Gasteiger charge is -2.19. The molecule has 1 atom stereocenters. The molecule has 0 aliphatic carbocycles. The van der Waals surface area contributed by atoms with Crippen LogP contribution in [0.3, 0.4) is 0 Å². The van der Waals surface area contributed by atoms with E-state index in [1.807, 2.05) is 0 Å². The van der Waals surface area contributed by atoms with E-state index in [4.69, 9.17) is 5.26 Å². The molecule has 138 valence electrons. The molecule has 9 heteroatoms. The summed E-state index contributed by atoms with van der Waals surface area (Å²) in [5, 5.41) is 25.2. The number of nitriles is 1. The van der Waals surface area contributed by atoms with Crippen molar-refractivity contribution in [2.24, 2.45) is 0 Å². The zero-order valence-corrected chi connectivity index (χ0v) is 14.3. The lowest BCUT2D eigenvalue weighted by Crippen LogP contribution is -2.41. The van der Waals surface area contributed by atoms with Crippen LogP contribution in [-0.2, 0) is 16.1 Å². The Labute approximate surface area is 151 Å². The fourth-order valence-electron chi connectivity index (χ4n) is 2.72. The molecule has 9 nitrogen and oxygen atoms in total. The van der Waals surface area contributed by atoms with Crippen LogP contribution in [0.5, 0.6) is 0 Å². The monoisotopic (exact) mass is 359 g/mol. The van der Waals surface area contributed by atoms with Crippen molar-refractivity contribution >= 4 is 17.5 Å². The molecule has 1 aliphatic rings. The number of nitrogens with zero attached hydrogens (tertiary/aromatic N) is 3. The Balaban J connectivity index is 1.62. The van der Waals surface area contributed by atoms with Gasteiger partial charge < -0.3 is 15.5 Å². The van der Waals surface area contributed by atoms with Crippen LogP contribution >= 0.6 is 0 Å². The Morgan fingerprint density at radius 1 is 1.35 bits per heavy atom. The molecule has 1 aromatic carbocycles. The molecule has 2 amide bonds. The van der Waals surface area contributed by atoms with Gasteiger partial charge in [0.25, 0.3) is 5.69 Å². The molecule has 1 unspecified atom stereocenters. The number of nitro groups is 1. The molecule has 0 radical (unpaired) electrons. The molecule has 0 bridgehead atoms. The van der Waals surface area contributed by atoms with E-state index in [2.05, 4.69) is 16.7 Å². The standard InChI is InChI=1S/C17H21N5O4/c18-10-15-2-1-9-21(15)17(24)12-19-8-7-16(23)20-11-13-3-5-14(6-4-13)22(25)26/h3-6,15,19H,1-2,7-9,11-12H2,(H,20,23). The number of nitrogens with one attached hydrogen (secondary N) is 2. The van der Waals surface area contributed by atoms with E-state index in [1.54, 1.807) is 17.0 Å². The van der Waals surface area contributed by atoms with Gasteiger partial charge in [0.15, 0.2) is 0 Å². The normalized spacial score (nSPS) is 16.1. The third-order valence-corrected chi connectivity index (χ3v) is 4.16. The number of nitro benzene ring substituents is 1. The predicted octanol–water partition coefficient (Wildman–Crippen LogP) is 0.705. The summed E-state index contributed by atoms with van der Waals surface area (Å²) in [6, 6.07) is 7.75. The molecule has 2 N–H and O–H groups in total. The molecule has 2 rings (SSSR count). The smallest absolute Gasteiger partial charge is 0.269 e. The third kappa shape index (κ3) is 5.53. The van der Waals surface area contributed by atoms with Crippen LogP contribution in [-0.4, -0.2) is 47.3 Å². The van der Waals surface area contributed by atoms with Gasteiger partial charge in [0, 0.05) is 38.2 Å². The molecule has 1 fully saturated rings. The highest BCUT2D eigenvalue weighted by molar-refractivity contribution is 5.79. The van der Waals surface area contributed by atoms with E-state index >= 15 is 0 Å². The minimum atomic E-state index is -0.476. The van der Waals surface area contributed by atoms with Crippen molar-refractivity contribution in [3.05, 3.63) is 39.9 Å². The summed E-state index contributed by atoms with van der Waals surface area (Å²) in [5.41, 5.74) is 0.772. The van der Waals surface area contributed by atoms with Crippen LogP contribution in [0.1, 0.15) is 24.8 Å². The van der Waals surface area contributed by atoms with Crippen molar-refractivity contribution in [3.63, 3.8) is 0 Å². The second kappa shape index (κ2) is 9.48. The summed E-state index contributed by atoms with van der Waals surface area (Å²) in [5.74, 6) is -0.306. The summed E-state index contributed by atoms with van der Waals surface area (Å²) in [4.78, 5) is 35.5. The number of benzene rings is 1. The zero-order valence-electron chi connectivity index (χ0n) is 14.3. The molecule has 0 aromatic heterocycles. The van der Waals surface area contributed by atoms with Gasteiger partial charge >= 0.3 is 0 Å². The number of rotatable bonds is 8. The Hall–Kier alpha value is -2.99. The number of hydrogen-bond acceptors (Lipinski definition) is 6. The second-order valence-corrected chi connectivity index (χ2v) is 6.00. The molecular formula is C17H21N5O4. The van der Waals surface area contributed by atoms with Crippen molar-refractivity contribution < 1.29 is 14.5 Å². The summed E-state index contributed by atoms with van der Waals surface area (Å²) < 4.78 is 0. The topological polar surface area (TPSA) is 128 Å². The third-order valence-electron chi connectivity index (χ3n) is 4.16. The average molecular weight is 359 g/mol. The van der Waals surface area contributed by atoms with Crippen LogP contribution in [0.4, 0.5) is 5.69 Å². The molecule has 1 aromatic rings. The minimum Gasteiger partial charge on any atom is -0.352 e. The van der Waals surface area contributed by atoms with E-state index in [-0.39, 0.29) is 43.1 Å². The van der Waals surface area contributed by atoms with Gasteiger partial charge in [0.1, 0.15) is 6.04 Å². The Morgan fingerprint density at radius 2 is 2.08 bits per heavy atom. The van der Waals surface area contributed by atoms with Crippen LogP contribution in [0, 0.1) is 21.4 Å². The number of carbonyl (C=O) groups is 2. The quantitative estimate of drug-likeness (QED) is 0.399. The summed E-state index contributed by atoms with van der Waals surface area (Å²) in [7, 11) is 0. The summed E-state index contributed by atoms with van der Waals surface area (Å²) in [6.07, 6.45) is 1.77. The Bertz CT molecular complexity index is 698. The average Bonchev–Trinajstić information content (AvgIpc) is 3.12. The van der Waals surface area contributed by atoms with E-state index in [1.165, 1.54) is 12.1 Å². The van der Waals surface area contributed by atoms with Crippen LogP contribution < -0.4 is 10.6 Å². The Kier molecular flexibility index (Phi) is 7.05. The first kappa shape index (κ1) is 19.3. The Morgan fingerprint density at radius 3 is 2.73 bits per heavy atom. The van der Waals surface area contributed by atoms with Crippen molar-refractivity contribution in [2.75, 3.05) is 19.6 Å². The van der Waals surface area contributed by atoms with Crippen LogP contribution in [0.25, 0.3) is 0 Å². The highest BCUT2D eigenvalue weighted by Crippen LogP contribution is 2.16. The number of hydrogen-bond donors (Lipinski definition) is 2. The lowest BCUT2D eigenvalue weighted by molar-refractivity contribution is -0.384. The molecule has 0 saturated carbocycles. The van der Waals surface area contributed by atoms with Gasteiger partial charge in [-0.1, -0.05) is 12.1 Å². The fourth-order valence-corrected chi connectivity index (χ4v) is 2.72. The summed E-state index contributed by atoms with van der Waals surface area (Å²) in [6.45, 7) is 1.35. The maximum absolute atomic E-state index is 12.0. The SMILES string of the molecule is N#CC1CCCN1C(=O)CNCCC(=O)NCc1ccc([N+](=O)[O-])cc1. The first-order chi connectivity index (χ1) is 12.5. The lowest BCUT2D eigenvalue weighted by atomic mass is 10.2. The van der Waals surface area contributed by atoms with Crippen molar-refractivity contribution in [3.8, 4) is 6.07 Å². The molecule has 0 spiro atoms. The molecular weight excluding hydrogens is 338 g/mol. The van der Waals surface area contributed by atoms with Gasteiger partial charge in [-0.15, -0.1) is 0 Å². The number of likely N-dealkylation sites (tertiary alicyclic amines) is 1. The van der Waals surface area contributed by atoms with Gasteiger partial charge in [0.05, 0.1) is 17.5 Å². The maximum Gasteiger partial charge on any atom is 0.269 e. The van der Waals surface area contributed by atoms with E-state index in [0.717, 1.165) is 12.0 Å². The first-order valence-electron chi connectivity index (χ1n) is 8.41. The van der Waals surface area contributed by atoms with E-state index < -0.39 is 4.92 Å². The van der Waals surface area contributed by atoms with Crippen molar-refractivity contribution in [1.82, 2.24) is 15.5 Å². The maximum atomic E-state index is 12.0. The molecule has 1 heterocycles. The van der Waals surface area contributed by atoms with E-state index in [9.17, 15) is 19.7 Å². The molecule has 1 aliphatic heterocycles. The van der Waals surface area contributed by atoms with Gasteiger partial charge in [-0.3, -0.25) is 19.7 Å². The molecule has 1 saturated heterocycles. The van der Waals surface area contributed by atoms with Gasteiger partial charge in [-0.25, -0.2) is 0 Å². The van der Waals surface area contributed by atoms with Gasteiger partial charge in [-0.2, -0.15) is 5.26 Å². The first-order valence-corrected chi connectivity index (χ1v) is 8.41. The van der Waals surface area contributed by atoms with Gasteiger partial charge in [-0.05, 0) is 18.4 Å². The number of amides is 2. The van der Waals surface area contributed by atoms with Crippen LogP contribution in [0.2, 0.25) is 0 Å². The second-order valence-electron chi connectivity index (χ2n) is 6.00. The largest absolute Gasteiger partial charge is 0.352 e.